The molecule has 1 N–H and O–H groups in total. The number of carbonyl (C=O) groups excluding carboxylic acids is 1. The molecule has 0 aliphatic carbocycles. The summed E-state index contributed by atoms with van der Waals surface area (Å²) >= 11 is 5.09. The number of benzene rings is 1. The van der Waals surface area contributed by atoms with Crippen molar-refractivity contribution < 1.29 is 4.79 Å². The Balaban J connectivity index is 2.01. The minimum Gasteiger partial charge on any atom is -0.347 e. The van der Waals surface area contributed by atoms with Gasteiger partial charge in [0.05, 0.1) is 6.54 Å². The second-order valence-corrected chi connectivity index (χ2v) is 7.56. The second-order valence-electron chi connectivity index (χ2n) is 5.70. The first-order valence-corrected chi connectivity index (χ1v) is 8.16. The molecule has 20 heavy (non-hydrogen) atoms. The predicted molar refractivity (Wildman–Crippen MR) is 88.3 cm³/mol. The van der Waals surface area contributed by atoms with E-state index < -0.39 is 0 Å². The van der Waals surface area contributed by atoms with Crippen LogP contribution in [-0.2, 0) is 12.0 Å². The van der Waals surface area contributed by atoms with E-state index in [1.165, 1.54) is 5.56 Å². The van der Waals surface area contributed by atoms with E-state index in [0.29, 0.717) is 12.1 Å². The normalized spacial score (nSPS) is 11.4. The Morgan fingerprint density at radius 2 is 1.85 bits per heavy atom. The second kappa shape index (κ2) is 6.10. The molecule has 0 saturated carbocycles. The van der Waals surface area contributed by atoms with E-state index in [1.54, 1.807) is 11.3 Å². The fraction of sp³-hybridized carbons (Fsp3) is 0.312. The van der Waals surface area contributed by atoms with Crippen LogP contribution in [0.25, 0.3) is 0 Å². The molecule has 1 amide bonds. The number of carbonyl (C=O) groups is 1. The highest BCUT2D eigenvalue weighted by Crippen LogP contribution is 2.23. The van der Waals surface area contributed by atoms with Crippen LogP contribution in [0.2, 0.25) is 0 Å². The quantitative estimate of drug-likeness (QED) is 0.850. The van der Waals surface area contributed by atoms with E-state index in [4.69, 9.17) is 0 Å². The lowest BCUT2D eigenvalue weighted by Gasteiger charge is -2.19. The van der Waals surface area contributed by atoms with Crippen molar-refractivity contribution in [3.05, 3.63) is 56.2 Å². The number of thiophene rings is 1. The molecule has 1 aromatic carbocycles. The van der Waals surface area contributed by atoms with Crippen LogP contribution in [-0.4, -0.2) is 5.91 Å². The van der Waals surface area contributed by atoms with Gasteiger partial charge in [-0.25, -0.2) is 0 Å². The summed E-state index contributed by atoms with van der Waals surface area (Å²) in [6, 6.07) is 9.81. The van der Waals surface area contributed by atoms with Gasteiger partial charge in [-0.05, 0) is 50.5 Å². The van der Waals surface area contributed by atoms with Crippen molar-refractivity contribution in [3.63, 3.8) is 0 Å². The van der Waals surface area contributed by atoms with E-state index in [9.17, 15) is 4.79 Å². The van der Waals surface area contributed by atoms with Crippen LogP contribution in [0.15, 0.2) is 40.2 Å². The van der Waals surface area contributed by atoms with Crippen LogP contribution in [0.5, 0.6) is 0 Å². The van der Waals surface area contributed by atoms with Crippen molar-refractivity contribution in [2.75, 3.05) is 0 Å². The summed E-state index contributed by atoms with van der Waals surface area (Å²) in [6.45, 7) is 7.04. The molecule has 0 spiro atoms. The van der Waals surface area contributed by atoms with Crippen LogP contribution in [0.4, 0.5) is 0 Å². The number of halogens is 1. The molecule has 2 rings (SSSR count). The van der Waals surface area contributed by atoms with Crippen molar-refractivity contribution in [1.82, 2.24) is 5.32 Å². The zero-order valence-electron chi connectivity index (χ0n) is 11.9. The van der Waals surface area contributed by atoms with Gasteiger partial charge in [-0.2, -0.15) is 0 Å². The SMILES string of the molecule is CC(C)(C)c1ccc(C(=O)NCc2sccc2Br)cc1. The van der Waals surface area contributed by atoms with Crippen molar-refractivity contribution in [3.8, 4) is 0 Å². The van der Waals surface area contributed by atoms with Crippen LogP contribution >= 0.6 is 27.3 Å². The molecule has 106 valence electrons. The van der Waals surface area contributed by atoms with Gasteiger partial charge in [-0.15, -0.1) is 11.3 Å². The maximum absolute atomic E-state index is 12.1. The molecule has 1 aromatic heterocycles. The largest absolute Gasteiger partial charge is 0.347 e. The van der Waals surface area contributed by atoms with Crippen LogP contribution in [0, 0.1) is 0 Å². The zero-order chi connectivity index (χ0) is 14.8. The Morgan fingerprint density at radius 3 is 2.35 bits per heavy atom. The Morgan fingerprint density at radius 1 is 1.20 bits per heavy atom. The van der Waals surface area contributed by atoms with Gasteiger partial charge >= 0.3 is 0 Å². The van der Waals surface area contributed by atoms with Gasteiger partial charge in [0.1, 0.15) is 0 Å². The topological polar surface area (TPSA) is 29.1 Å². The smallest absolute Gasteiger partial charge is 0.251 e. The molecule has 0 aliphatic rings. The maximum Gasteiger partial charge on any atom is 0.251 e. The Hall–Kier alpha value is -1.13. The fourth-order valence-corrected chi connectivity index (χ4v) is 3.27. The van der Waals surface area contributed by atoms with Crippen LogP contribution < -0.4 is 5.32 Å². The molecule has 2 aromatic rings. The lowest BCUT2D eigenvalue weighted by atomic mass is 9.87. The van der Waals surface area contributed by atoms with E-state index in [0.717, 1.165) is 9.35 Å². The minimum atomic E-state index is -0.0363. The van der Waals surface area contributed by atoms with Gasteiger partial charge < -0.3 is 5.32 Å². The van der Waals surface area contributed by atoms with Crippen LogP contribution in [0.3, 0.4) is 0 Å². The first-order valence-electron chi connectivity index (χ1n) is 6.48. The van der Waals surface area contributed by atoms with Gasteiger partial charge in [-0.1, -0.05) is 32.9 Å². The summed E-state index contributed by atoms with van der Waals surface area (Å²) in [6.07, 6.45) is 0. The summed E-state index contributed by atoms with van der Waals surface area (Å²) < 4.78 is 1.05. The third-order valence-corrected chi connectivity index (χ3v) is 5.04. The summed E-state index contributed by atoms with van der Waals surface area (Å²) in [7, 11) is 0. The fourth-order valence-electron chi connectivity index (χ4n) is 1.84. The van der Waals surface area contributed by atoms with Gasteiger partial charge in [-0.3, -0.25) is 4.79 Å². The number of hydrogen-bond donors (Lipinski definition) is 1. The lowest BCUT2D eigenvalue weighted by molar-refractivity contribution is 0.0951. The van der Waals surface area contributed by atoms with Gasteiger partial charge in [0.25, 0.3) is 5.91 Å². The highest BCUT2D eigenvalue weighted by molar-refractivity contribution is 9.10. The predicted octanol–water partition coefficient (Wildman–Crippen LogP) is 4.74. The van der Waals surface area contributed by atoms with Crippen molar-refractivity contribution >= 4 is 33.2 Å². The summed E-state index contributed by atoms with van der Waals surface area (Å²) in [5.74, 6) is -0.0363. The molecular formula is C16H18BrNOS. The number of rotatable bonds is 3. The molecule has 2 nitrogen and oxygen atoms in total. The molecule has 0 fully saturated rings. The lowest BCUT2D eigenvalue weighted by Crippen LogP contribution is -2.22. The molecule has 0 radical (unpaired) electrons. The van der Waals surface area contributed by atoms with Gasteiger partial charge in [0.2, 0.25) is 0 Å². The molecule has 1 heterocycles. The molecule has 4 heteroatoms. The van der Waals surface area contributed by atoms with Crippen molar-refractivity contribution in [1.29, 1.82) is 0 Å². The first-order chi connectivity index (χ1) is 9.38. The number of hydrogen-bond acceptors (Lipinski definition) is 2. The molecule has 0 saturated heterocycles. The minimum absolute atomic E-state index is 0.0363. The van der Waals surface area contributed by atoms with Gasteiger partial charge in [0, 0.05) is 14.9 Å². The first kappa shape index (κ1) is 15.3. The third-order valence-electron chi connectivity index (χ3n) is 3.11. The number of amides is 1. The van der Waals surface area contributed by atoms with Crippen molar-refractivity contribution in [2.45, 2.75) is 32.7 Å². The Labute approximate surface area is 132 Å². The summed E-state index contributed by atoms with van der Waals surface area (Å²) in [4.78, 5) is 13.2. The highest BCUT2D eigenvalue weighted by atomic mass is 79.9. The number of nitrogens with one attached hydrogen (secondary N) is 1. The third kappa shape index (κ3) is 3.70. The van der Waals surface area contributed by atoms with Crippen LogP contribution in [0.1, 0.15) is 41.6 Å². The maximum atomic E-state index is 12.1. The average Bonchev–Trinajstić information content (AvgIpc) is 2.81. The molecule has 0 bridgehead atoms. The van der Waals surface area contributed by atoms with E-state index in [-0.39, 0.29) is 11.3 Å². The van der Waals surface area contributed by atoms with Gasteiger partial charge in [0.15, 0.2) is 0 Å². The molecular weight excluding hydrogens is 334 g/mol. The molecule has 0 unspecified atom stereocenters. The summed E-state index contributed by atoms with van der Waals surface area (Å²) in [5.41, 5.74) is 2.04. The Bertz CT molecular complexity index is 596. The Kier molecular flexibility index (Phi) is 4.66. The molecule has 0 aliphatic heterocycles. The zero-order valence-corrected chi connectivity index (χ0v) is 14.3. The average molecular weight is 352 g/mol. The van der Waals surface area contributed by atoms with E-state index in [2.05, 4.69) is 42.0 Å². The highest BCUT2D eigenvalue weighted by Gasteiger charge is 2.14. The van der Waals surface area contributed by atoms with E-state index in [1.807, 2.05) is 35.7 Å². The standard InChI is InChI=1S/C16H18BrNOS/c1-16(2,3)12-6-4-11(5-7-12)15(19)18-10-14-13(17)8-9-20-14/h4-9H,10H2,1-3H3,(H,18,19). The summed E-state index contributed by atoms with van der Waals surface area (Å²) in [5, 5.41) is 4.95. The molecule has 0 atom stereocenters. The van der Waals surface area contributed by atoms with E-state index >= 15 is 0 Å². The monoisotopic (exact) mass is 351 g/mol. The van der Waals surface area contributed by atoms with Crippen molar-refractivity contribution in [2.24, 2.45) is 0 Å².